The lowest BCUT2D eigenvalue weighted by atomic mass is 9.93. The van der Waals surface area contributed by atoms with Crippen LogP contribution in [0.3, 0.4) is 0 Å². The topological polar surface area (TPSA) is 58.7 Å². The molecule has 104 valence electrons. The molecule has 0 spiro atoms. The molecular formula is C16H19N3O. The number of hydrogen-bond donors (Lipinski definition) is 1. The van der Waals surface area contributed by atoms with Gasteiger partial charge in [0.25, 0.3) is 0 Å². The van der Waals surface area contributed by atoms with Crippen molar-refractivity contribution in [2.45, 2.75) is 38.3 Å². The minimum Gasteiger partial charge on any atom is -0.385 e. The van der Waals surface area contributed by atoms with Crippen molar-refractivity contribution < 1.29 is 4.79 Å². The Morgan fingerprint density at radius 3 is 2.65 bits per heavy atom. The van der Waals surface area contributed by atoms with Crippen LogP contribution in [0.1, 0.15) is 31.7 Å². The maximum Gasteiger partial charge on any atom is 0.346 e. The fourth-order valence-corrected chi connectivity index (χ4v) is 2.52. The largest absolute Gasteiger partial charge is 0.385 e. The third-order valence-electron chi connectivity index (χ3n) is 3.73. The quantitative estimate of drug-likeness (QED) is 0.853. The van der Waals surface area contributed by atoms with Crippen LogP contribution in [0.25, 0.3) is 0 Å². The van der Waals surface area contributed by atoms with E-state index in [0.29, 0.717) is 5.84 Å². The van der Waals surface area contributed by atoms with Crippen molar-refractivity contribution in [2.75, 3.05) is 0 Å². The van der Waals surface area contributed by atoms with Gasteiger partial charge in [0.15, 0.2) is 0 Å². The summed E-state index contributed by atoms with van der Waals surface area (Å²) >= 11 is 0. The predicted octanol–water partition coefficient (Wildman–Crippen LogP) is 2.36. The highest BCUT2D eigenvalue weighted by molar-refractivity contribution is 6.03. The van der Waals surface area contributed by atoms with Crippen molar-refractivity contribution in [3.8, 4) is 12.3 Å². The summed E-state index contributed by atoms with van der Waals surface area (Å²) < 4.78 is 0. The summed E-state index contributed by atoms with van der Waals surface area (Å²) in [6.45, 7) is 3.93. The third-order valence-corrected chi connectivity index (χ3v) is 3.73. The number of nitrogens with zero attached hydrogens (tertiary/aromatic N) is 2. The summed E-state index contributed by atoms with van der Waals surface area (Å²) in [5.74, 6) is 3.21. The average Bonchev–Trinajstić information content (AvgIpc) is 2.73. The number of rotatable bonds is 4. The van der Waals surface area contributed by atoms with E-state index < -0.39 is 0 Å². The van der Waals surface area contributed by atoms with Crippen LogP contribution in [0.15, 0.2) is 35.3 Å². The number of amidine groups is 1. The molecule has 3 atom stereocenters. The molecule has 0 aromatic heterocycles. The number of carbonyl (C=O) groups excluding carboxylic acids is 1. The summed E-state index contributed by atoms with van der Waals surface area (Å²) in [4.78, 5) is 17.3. The van der Waals surface area contributed by atoms with Gasteiger partial charge in [0.1, 0.15) is 5.84 Å². The number of aliphatic imine (C=N–C) groups is 1. The van der Waals surface area contributed by atoms with Crippen LogP contribution in [0, 0.1) is 12.3 Å². The molecule has 0 saturated carbocycles. The Labute approximate surface area is 119 Å². The van der Waals surface area contributed by atoms with E-state index in [-0.39, 0.29) is 24.0 Å². The Morgan fingerprint density at radius 2 is 2.05 bits per heavy atom. The highest BCUT2D eigenvalue weighted by Crippen LogP contribution is 2.26. The first kappa shape index (κ1) is 14.1. The molecule has 3 unspecified atom stereocenters. The normalized spacial score (nSPS) is 21.2. The van der Waals surface area contributed by atoms with Gasteiger partial charge in [-0.2, -0.15) is 4.99 Å². The second-order valence-electron chi connectivity index (χ2n) is 5.13. The van der Waals surface area contributed by atoms with E-state index in [2.05, 4.69) is 30.0 Å². The second kappa shape index (κ2) is 5.79. The fourth-order valence-electron chi connectivity index (χ4n) is 2.52. The molecular weight excluding hydrogens is 250 g/mol. The number of hydrogen-bond acceptors (Lipinski definition) is 2. The highest BCUT2D eigenvalue weighted by Gasteiger charge is 2.36. The highest BCUT2D eigenvalue weighted by atomic mass is 16.2. The first-order valence-electron chi connectivity index (χ1n) is 6.72. The van der Waals surface area contributed by atoms with E-state index in [0.717, 1.165) is 6.42 Å². The van der Waals surface area contributed by atoms with Crippen molar-refractivity contribution in [1.29, 1.82) is 0 Å². The van der Waals surface area contributed by atoms with E-state index >= 15 is 0 Å². The monoisotopic (exact) mass is 269 g/mol. The van der Waals surface area contributed by atoms with E-state index in [9.17, 15) is 4.79 Å². The van der Waals surface area contributed by atoms with Gasteiger partial charge in [-0.1, -0.05) is 43.2 Å². The molecule has 1 heterocycles. The van der Waals surface area contributed by atoms with Gasteiger partial charge in [-0.05, 0) is 24.8 Å². The summed E-state index contributed by atoms with van der Waals surface area (Å²) in [6.07, 6.45) is 6.15. The maximum absolute atomic E-state index is 11.9. The summed E-state index contributed by atoms with van der Waals surface area (Å²) in [5.41, 5.74) is 7.11. The van der Waals surface area contributed by atoms with Crippen LogP contribution in [0.4, 0.5) is 4.79 Å². The molecule has 0 fully saturated rings. The molecule has 20 heavy (non-hydrogen) atoms. The molecule has 0 saturated heterocycles. The SMILES string of the molecule is C#CC(C)N1C(=O)N=C(N)C1CC(C)c1ccccc1. The summed E-state index contributed by atoms with van der Waals surface area (Å²) in [5, 5.41) is 0. The average molecular weight is 269 g/mol. The zero-order chi connectivity index (χ0) is 14.7. The second-order valence-corrected chi connectivity index (χ2v) is 5.13. The maximum atomic E-state index is 11.9. The van der Waals surface area contributed by atoms with Gasteiger partial charge in [0.05, 0.1) is 12.1 Å². The lowest BCUT2D eigenvalue weighted by Gasteiger charge is -2.29. The molecule has 4 heteroatoms. The van der Waals surface area contributed by atoms with Gasteiger partial charge in [0, 0.05) is 0 Å². The molecule has 2 N–H and O–H groups in total. The Bertz CT molecular complexity index is 559. The van der Waals surface area contributed by atoms with Crippen molar-refractivity contribution in [2.24, 2.45) is 10.7 Å². The fraction of sp³-hybridized carbons (Fsp3) is 0.375. The van der Waals surface area contributed by atoms with Gasteiger partial charge in [-0.3, -0.25) is 4.90 Å². The van der Waals surface area contributed by atoms with Crippen molar-refractivity contribution >= 4 is 11.9 Å². The molecule has 1 aromatic carbocycles. The van der Waals surface area contributed by atoms with Crippen LogP contribution < -0.4 is 5.73 Å². The zero-order valence-electron chi connectivity index (χ0n) is 11.8. The van der Waals surface area contributed by atoms with E-state index in [1.54, 1.807) is 4.90 Å². The van der Waals surface area contributed by atoms with Gasteiger partial charge in [0.2, 0.25) is 0 Å². The minimum atomic E-state index is -0.335. The number of urea groups is 1. The number of amides is 2. The molecule has 4 nitrogen and oxygen atoms in total. The van der Waals surface area contributed by atoms with Crippen LogP contribution in [-0.4, -0.2) is 28.9 Å². The molecule has 0 aliphatic carbocycles. The molecule has 1 aliphatic heterocycles. The first-order chi connectivity index (χ1) is 9.54. The van der Waals surface area contributed by atoms with Crippen LogP contribution in [-0.2, 0) is 0 Å². The van der Waals surface area contributed by atoms with Crippen molar-refractivity contribution in [3.63, 3.8) is 0 Å². The zero-order valence-corrected chi connectivity index (χ0v) is 11.8. The Hall–Kier alpha value is -2.28. The number of terminal acetylenes is 1. The predicted molar refractivity (Wildman–Crippen MR) is 80.4 cm³/mol. The van der Waals surface area contributed by atoms with Crippen molar-refractivity contribution in [3.05, 3.63) is 35.9 Å². The molecule has 0 radical (unpaired) electrons. The standard InChI is InChI=1S/C16H19N3O/c1-4-12(3)19-14(15(17)18-16(19)20)10-11(2)13-8-6-5-7-9-13/h1,5-9,11-12,14H,10H2,2-3H3,(H2,17,18,20). The van der Waals surface area contributed by atoms with Crippen LogP contribution >= 0.6 is 0 Å². The third kappa shape index (κ3) is 2.67. The number of carbonyl (C=O) groups is 1. The van der Waals surface area contributed by atoms with Gasteiger partial charge in [-0.15, -0.1) is 6.42 Å². The van der Waals surface area contributed by atoms with Crippen LogP contribution in [0.5, 0.6) is 0 Å². The lowest BCUT2D eigenvalue weighted by molar-refractivity contribution is 0.194. The van der Waals surface area contributed by atoms with Crippen LogP contribution in [0.2, 0.25) is 0 Å². The van der Waals surface area contributed by atoms with Gasteiger partial charge >= 0.3 is 6.03 Å². The Kier molecular flexibility index (Phi) is 4.09. The number of benzene rings is 1. The smallest absolute Gasteiger partial charge is 0.346 e. The molecule has 1 aliphatic rings. The summed E-state index contributed by atoms with van der Waals surface area (Å²) in [7, 11) is 0. The molecule has 2 rings (SSSR count). The minimum absolute atomic E-state index is 0.219. The Morgan fingerprint density at radius 1 is 1.40 bits per heavy atom. The Balaban J connectivity index is 2.16. The van der Waals surface area contributed by atoms with E-state index in [1.807, 2.05) is 25.1 Å². The van der Waals surface area contributed by atoms with Gasteiger partial charge < -0.3 is 5.73 Å². The molecule has 2 amide bonds. The lowest BCUT2D eigenvalue weighted by Crippen LogP contribution is -2.45. The van der Waals surface area contributed by atoms with Gasteiger partial charge in [-0.25, -0.2) is 4.79 Å². The van der Waals surface area contributed by atoms with Crippen molar-refractivity contribution in [1.82, 2.24) is 4.90 Å². The van der Waals surface area contributed by atoms with E-state index in [4.69, 9.17) is 12.2 Å². The summed E-state index contributed by atoms with van der Waals surface area (Å²) in [6, 6.07) is 9.28. The molecule has 1 aromatic rings. The number of nitrogens with two attached hydrogens (primary N) is 1. The van der Waals surface area contributed by atoms with E-state index in [1.165, 1.54) is 5.56 Å². The first-order valence-corrected chi connectivity index (χ1v) is 6.72. The molecule has 0 bridgehead atoms.